The van der Waals surface area contributed by atoms with Crippen molar-refractivity contribution in [1.29, 1.82) is 0 Å². The predicted octanol–water partition coefficient (Wildman–Crippen LogP) is 4.31. The monoisotopic (exact) mass is 605 g/mol. The zero-order chi connectivity index (χ0) is 30.2. The molecule has 2 fully saturated rings. The summed E-state index contributed by atoms with van der Waals surface area (Å²) in [5, 5.41) is 8.30. The fourth-order valence-corrected chi connectivity index (χ4v) is 5.52. The standard InChI is InChI=1S/C31H36FN7O3S/c1-37-13-10-24(11-14-37)38-15-17-39(18-16-38)31(41)35-28-21-25(9-12-33-28)42-27-8-7-23(20-26(27)32)34-30(43)36-29(40)19-22-5-3-2-4-6-22/h2-9,12,20-21,24H,10-11,13-19H2,1H3,(H,33,35,41)(H2,34,36,40,43). The van der Waals surface area contributed by atoms with Crippen LogP contribution in [0, 0.1) is 5.82 Å². The first kappa shape index (κ1) is 30.3. The summed E-state index contributed by atoms with van der Waals surface area (Å²) in [6.07, 6.45) is 4.00. The summed E-state index contributed by atoms with van der Waals surface area (Å²) < 4.78 is 20.6. The number of piperidine rings is 1. The van der Waals surface area contributed by atoms with Gasteiger partial charge in [-0.1, -0.05) is 30.3 Å². The summed E-state index contributed by atoms with van der Waals surface area (Å²) in [5.41, 5.74) is 1.21. The lowest BCUT2D eigenvalue weighted by Gasteiger charge is -2.42. The second kappa shape index (κ2) is 14.4. The third-order valence-corrected chi connectivity index (χ3v) is 7.85. The Morgan fingerprint density at radius 1 is 0.977 bits per heavy atom. The molecule has 2 aliphatic rings. The van der Waals surface area contributed by atoms with Gasteiger partial charge in [-0.2, -0.15) is 0 Å². The Labute approximate surface area is 256 Å². The van der Waals surface area contributed by atoms with Crippen molar-refractivity contribution in [3.8, 4) is 11.5 Å². The number of nitrogens with one attached hydrogen (secondary N) is 3. The SMILES string of the molecule is CN1CCC(N2CCN(C(=O)Nc3cc(Oc4ccc(NC(=S)NC(=O)Cc5ccccc5)cc4F)ccn3)CC2)CC1. The molecule has 2 aliphatic heterocycles. The molecule has 0 radical (unpaired) electrons. The van der Waals surface area contributed by atoms with Gasteiger partial charge in [0.25, 0.3) is 0 Å². The van der Waals surface area contributed by atoms with Crippen molar-refractivity contribution in [1.82, 2.24) is 25.0 Å². The average Bonchev–Trinajstić information content (AvgIpc) is 2.99. The molecular formula is C31H36FN7O3S. The molecule has 5 rings (SSSR count). The van der Waals surface area contributed by atoms with Gasteiger partial charge >= 0.3 is 6.03 Å². The number of carbonyl (C=O) groups is 2. The number of carbonyl (C=O) groups excluding carboxylic acids is 2. The van der Waals surface area contributed by atoms with E-state index in [1.54, 1.807) is 23.1 Å². The van der Waals surface area contributed by atoms with Gasteiger partial charge < -0.3 is 25.2 Å². The Morgan fingerprint density at radius 2 is 1.72 bits per heavy atom. The van der Waals surface area contributed by atoms with Gasteiger partial charge in [0.1, 0.15) is 11.6 Å². The number of ether oxygens (including phenoxy) is 1. The third-order valence-electron chi connectivity index (χ3n) is 7.65. The molecule has 2 saturated heterocycles. The minimum absolute atomic E-state index is 0.0157. The number of pyridine rings is 1. The molecule has 226 valence electrons. The Kier molecular flexibility index (Phi) is 10.1. The number of likely N-dealkylation sites (tertiary alicyclic amines) is 1. The molecule has 3 aromatic rings. The lowest BCUT2D eigenvalue weighted by Crippen LogP contribution is -2.54. The number of halogens is 1. The highest BCUT2D eigenvalue weighted by Crippen LogP contribution is 2.28. The van der Waals surface area contributed by atoms with Gasteiger partial charge in [-0.3, -0.25) is 15.0 Å². The Balaban J connectivity index is 1.09. The number of nitrogens with zero attached hydrogens (tertiary/aromatic N) is 4. The van der Waals surface area contributed by atoms with Crippen LogP contribution in [0.4, 0.5) is 20.7 Å². The van der Waals surface area contributed by atoms with Crippen molar-refractivity contribution in [2.24, 2.45) is 0 Å². The summed E-state index contributed by atoms with van der Waals surface area (Å²) in [7, 11) is 2.16. The van der Waals surface area contributed by atoms with Crippen molar-refractivity contribution in [3.05, 3.63) is 78.2 Å². The van der Waals surface area contributed by atoms with Gasteiger partial charge in [0.2, 0.25) is 5.91 Å². The van der Waals surface area contributed by atoms with Crippen LogP contribution in [0.5, 0.6) is 11.5 Å². The van der Waals surface area contributed by atoms with Gasteiger partial charge in [-0.05, 0) is 69.0 Å². The highest BCUT2D eigenvalue weighted by molar-refractivity contribution is 7.80. The number of amides is 3. The van der Waals surface area contributed by atoms with E-state index in [0.717, 1.165) is 31.7 Å². The number of rotatable bonds is 7. The first-order valence-electron chi connectivity index (χ1n) is 14.4. The van der Waals surface area contributed by atoms with Crippen LogP contribution in [0.2, 0.25) is 0 Å². The molecule has 0 bridgehead atoms. The Morgan fingerprint density at radius 3 is 2.44 bits per heavy atom. The van der Waals surface area contributed by atoms with E-state index in [0.29, 0.717) is 36.4 Å². The molecule has 43 heavy (non-hydrogen) atoms. The largest absolute Gasteiger partial charge is 0.454 e. The molecule has 0 unspecified atom stereocenters. The third kappa shape index (κ3) is 8.69. The van der Waals surface area contributed by atoms with Gasteiger partial charge in [-0.15, -0.1) is 0 Å². The minimum Gasteiger partial charge on any atom is -0.454 e. The summed E-state index contributed by atoms with van der Waals surface area (Å²) in [4.78, 5) is 36.0. The van der Waals surface area contributed by atoms with E-state index in [2.05, 4.69) is 37.8 Å². The normalized spacial score (nSPS) is 16.4. The van der Waals surface area contributed by atoms with Crippen LogP contribution < -0.4 is 20.7 Å². The number of thiocarbonyl (C=S) groups is 1. The quantitative estimate of drug-likeness (QED) is 0.343. The van der Waals surface area contributed by atoms with Crippen molar-refractivity contribution in [2.45, 2.75) is 25.3 Å². The van der Waals surface area contributed by atoms with E-state index in [1.165, 1.54) is 31.2 Å². The maximum absolute atomic E-state index is 14.9. The summed E-state index contributed by atoms with van der Waals surface area (Å²) in [5.74, 6) is -0.290. The van der Waals surface area contributed by atoms with E-state index < -0.39 is 5.82 Å². The smallest absolute Gasteiger partial charge is 0.323 e. The van der Waals surface area contributed by atoms with E-state index >= 15 is 0 Å². The van der Waals surface area contributed by atoms with Crippen LogP contribution in [0.15, 0.2) is 66.9 Å². The predicted molar refractivity (Wildman–Crippen MR) is 168 cm³/mol. The van der Waals surface area contributed by atoms with Crippen molar-refractivity contribution < 1.29 is 18.7 Å². The highest BCUT2D eigenvalue weighted by Gasteiger charge is 2.28. The van der Waals surface area contributed by atoms with Crippen LogP contribution in [0.25, 0.3) is 0 Å². The van der Waals surface area contributed by atoms with E-state index in [-0.39, 0.29) is 29.2 Å². The second-order valence-electron chi connectivity index (χ2n) is 10.8. The maximum atomic E-state index is 14.9. The summed E-state index contributed by atoms with van der Waals surface area (Å²) in [6.45, 7) is 5.24. The Hall–Kier alpha value is -4.13. The maximum Gasteiger partial charge on any atom is 0.323 e. The number of hydrogen-bond acceptors (Lipinski definition) is 7. The first-order chi connectivity index (χ1) is 20.8. The summed E-state index contributed by atoms with van der Waals surface area (Å²) >= 11 is 5.20. The molecule has 2 aromatic carbocycles. The number of urea groups is 1. The molecule has 1 aromatic heterocycles. The zero-order valence-corrected chi connectivity index (χ0v) is 24.9. The minimum atomic E-state index is -0.631. The number of aromatic nitrogens is 1. The summed E-state index contributed by atoms with van der Waals surface area (Å²) in [6, 6.07) is 17.0. The van der Waals surface area contributed by atoms with E-state index in [9.17, 15) is 14.0 Å². The van der Waals surface area contributed by atoms with Crippen LogP contribution in [-0.4, -0.2) is 89.1 Å². The molecule has 3 heterocycles. The fraction of sp³-hybridized carbons (Fsp3) is 0.355. The lowest BCUT2D eigenvalue weighted by molar-refractivity contribution is -0.119. The molecule has 10 nitrogen and oxygen atoms in total. The van der Waals surface area contributed by atoms with E-state index in [1.807, 2.05) is 30.3 Å². The average molecular weight is 606 g/mol. The second-order valence-corrected chi connectivity index (χ2v) is 11.2. The van der Waals surface area contributed by atoms with Gasteiger partial charge in [0.15, 0.2) is 16.7 Å². The highest BCUT2D eigenvalue weighted by atomic mass is 32.1. The number of benzene rings is 2. The molecular weight excluding hydrogens is 569 g/mol. The van der Waals surface area contributed by atoms with Crippen LogP contribution in [0.1, 0.15) is 18.4 Å². The Bertz CT molecular complexity index is 1430. The molecule has 0 saturated carbocycles. The molecule has 0 spiro atoms. The molecule has 3 amide bonds. The number of piperazine rings is 1. The van der Waals surface area contributed by atoms with Gasteiger partial charge in [0, 0.05) is 56.2 Å². The molecule has 12 heteroatoms. The van der Waals surface area contributed by atoms with Crippen molar-refractivity contribution in [3.63, 3.8) is 0 Å². The zero-order valence-electron chi connectivity index (χ0n) is 24.1. The van der Waals surface area contributed by atoms with Gasteiger partial charge in [-0.25, -0.2) is 14.2 Å². The topological polar surface area (TPSA) is 102 Å². The first-order valence-corrected chi connectivity index (χ1v) is 14.8. The van der Waals surface area contributed by atoms with Crippen molar-refractivity contribution in [2.75, 3.05) is 56.9 Å². The van der Waals surface area contributed by atoms with Gasteiger partial charge in [0.05, 0.1) is 6.42 Å². The van der Waals surface area contributed by atoms with Crippen LogP contribution in [-0.2, 0) is 11.2 Å². The van der Waals surface area contributed by atoms with E-state index in [4.69, 9.17) is 17.0 Å². The molecule has 3 N–H and O–H groups in total. The number of anilines is 2. The fourth-order valence-electron chi connectivity index (χ4n) is 5.28. The van der Waals surface area contributed by atoms with Crippen molar-refractivity contribution >= 4 is 40.8 Å². The lowest BCUT2D eigenvalue weighted by atomic mass is 10.0. The van der Waals surface area contributed by atoms with Crippen LogP contribution >= 0.6 is 12.2 Å². The molecule has 0 atom stereocenters. The van der Waals surface area contributed by atoms with Crippen LogP contribution in [0.3, 0.4) is 0 Å². The molecule has 0 aliphatic carbocycles. The number of hydrogen-bond donors (Lipinski definition) is 3.